The van der Waals surface area contributed by atoms with Crippen molar-refractivity contribution in [2.75, 3.05) is 19.6 Å². The number of carboxylic acid groups (broad SMARTS) is 1. The van der Waals surface area contributed by atoms with Crippen LogP contribution in [0.1, 0.15) is 69.9 Å². The molecule has 2 aromatic rings. The van der Waals surface area contributed by atoms with Crippen molar-refractivity contribution < 1.29 is 19.1 Å². The summed E-state index contributed by atoms with van der Waals surface area (Å²) < 4.78 is 14.2. The Balaban J connectivity index is 0.00000400. The summed E-state index contributed by atoms with van der Waals surface area (Å²) in [5.74, 6) is -0.332. The first kappa shape index (κ1) is 29.9. The van der Waals surface area contributed by atoms with E-state index in [9.17, 15) is 14.0 Å². The minimum atomic E-state index is -0.791. The highest BCUT2D eigenvalue weighted by molar-refractivity contribution is 5.86. The summed E-state index contributed by atoms with van der Waals surface area (Å²) in [5, 5.41) is 15.0. The molecule has 2 unspecified atom stereocenters. The summed E-state index contributed by atoms with van der Waals surface area (Å²) in [4.78, 5) is 25.6. The molecule has 1 saturated heterocycles. The number of benzene rings is 2. The summed E-state index contributed by atoms with van der Waals surface area (Å²) in [6.07, 6.45) is 8.51. The molecule has 0 radical (unpaired) electrons. The van der Waals surface area contributed by atoms with Crippen molar-refractivity contribution >= 4 is 35.1 Å². The lowest BCUT2D eigenvalue weighted by Crippen LogP contribution is -2.47. The first-order chi connectivity index (χ1) is 17.9. The van der Waals surface area contributed by atoms with E-state index in [1.54, 1.807) is 6.08 Å². The van der Waals surface area contributed by atoms with Crippen molar-refractivity contribution in [3.8, 4) is 0 Å². The summed E-state index contributed by atoms with van der Waals surface area (Å²) in [5.41, 5.74) is 2.29. The molecule has 2 aromatic carbocycles. The van der Waals surface area contributed by atoms with Crippen molar-refractivity contribution in [1.82, 2.24) is 10.2 Å². The largest absolute Gasteiger partial charge is 0.481 e. The van der Waals surface area contributed by atoms with Gasteiger partial charge < -0.3 is 15.3 Å². The number of nitrogens with zero attached hydrogens (tertiary/aromatic N) is 1. The fourth-order valence-corrected chi connectivity index (χ4v) is 5.75. The second kappa shape index (κ2) is 14.5. The van der Waals surface area contributed by atoms with Crippen LogP contribution in [0.2, 0.25) is 0 Å². The van der Waals surface area contributed by atoms with Gasteiger partial charge in [0, 0.05) is 44.3 Å². The van der Waals surface area contributed by atoms with Gasteiger partial charge in [-0.15, -0.1) is 12.4 Å². The number of aliphatic carboxylic acids is 1. The maximum absolute atomic E-state index is 14.2. The normalized spacial score (nSPS) is 20.3. The number of carbonyl (C=O) groups is 2. The number of hydrogen-bond acceptors (Lipinski definition) is 3. The number of nitrogens with one attached hydrogen (secondary N) is 1. The molecule has 206 valence electrons. The second-order valence-corrected chi connectivity index (χ2v) is 10.5. The van der Waals surface area contributed by atoms with Gasteiger partial charge in [0.05, 0.1) is 0 Å². The van der Waals surface area contributed by atoms with Gasteiger partial charge in [0.2, 0.25) is 5.91 Å². The zero-order valence-corrected chi connectivity index (χ0v) is 23.0. The van der Waals surface area contributed by atoms with Gasteiger partial charge in [0.15, 0.2) is 0 Å². The molecular formula is C31H40ClFN2O3. The van der Waals surface area contributed by atoms with Crippen molar-refractivity contribution in [3.63, 3.8) is 0 Å². The van der Waals surface area contributed by atoms with Crippen molar-refractivity contribution in [3.05, 3.63) is 71.6 Å². The third-order valence-electron chi connectivity index (χ3n) is 7.88. The minimum Gasteiger partial charge on any atom is -0.481 e. The van der Waals surface area contributed by atoms with Crippen LogP contribution in [0, 0.1) is 11.8 Å². The van der Waals surface area contributed by atoms with Crippen LogP contribution < -0.4 is 5.32 Å². The zero-order chi connectivity index (χ0) is 26.2. The van der Waals surface area contributed by atoms with Crippen LogP contribution in [-0.4, -0.2) is 41.5 Å². The van der Waals surface area contributed by atoms with E-state index in [-0.39, 0.29) is 42.5 Å². The zero-order valence-electron chi connectivity index (χ0n) is 22.2. The van der Waals surface area contributed by atoms with Gasteiger partial charge in [-0.3, -0.25) is 9.59 Å². The number of unbranched alkanes of at least 4 members (excludes halogenated alkanes) is 2. The number of piperidine rings is 1. The smallest absolute Gasteiger partial charge is 0.303 e. The molecule has 0 bridgehead atoms. The maximum atomic E-state index is 14.2. The van der Waals surface area contributed by atoms with Gasteiger partial charge in [-0.05, 0) is 73.1 Å². The Hall–Kier alpha value is -2.70. The Morgan fingerprint density at radius 2 is 1.87 bits per heavy atom. The van der Waals surface area contributed by atoms with E-state index < -0.39 is 5.97 Å². The number of halogens is 2. The Kier molecular flexibility index (Phi) is 11.4. The number of likely N-dealkylation sites (tertiary alicyclic amines) is 1. The number of amides is 1. The average molecular weight is 543 g/mol. The van der Waals surface area contributed by atoms with Crippen LogP contribution >= 0.6 is 12.4 Å². The standard InChI is InChI=1S/C31H39FN2O3.ClH/c1-22(27-14-8-10-23-9-5-6-13-28(23)27)33-20-25-17-18-34(30(35)15-3-2-4-16-31(36)37)21-29(25)24-11-7-12-26(32)19-24;/h5-6,8-11,13-14,19,22,25,29,33H,2-4,7,12,15-18,20-21H2,1H3,(H,36,37);1H/t22-,25?,29?;/m1./s1. The molecule has 2 aliphatic rings. The highest BCUT2D eigenvalue weighted by atomic mass is 35.5. The number of carbonyl (C=O) groups excluding carboxylic acids is 1. The predicted octanol–water partition coefficient (Wildman–Crippen LogP) is 6.99. The molecule has 1 aliphatic carbocycles. The number of carboxylic acids is 1. The highest BCUT2D eigenvalue weighted by Gasteiger charge is 2.33. The topological polar surface area (TPSA) is 69.6 Å². The first-order valence-corrected chi connectivity index (χ1v) is 13.7. The van der Waals surface area contributed by atoms with Gasteiger partial charge in [0.25, 0.3) is 0 Å². The van der Waals surface area contributed by atoms with E-state index in [2.05, 4.69) is 60.8 Å². The molecule has 1 amide bonds. The van der Waals surface area contributed by atoms with Crippen LogP contribution in [-0.2, 0) is 9.59 Å². The van der Waals surface area contributed by atoms with E-state index in [0.29, 0.717) is 51.1 Å². The fourth-order valence-electron chi connectivity index (χ4n) is 5.75. The van der Waals surface area contributed by atoms with Crippen LogP contribution in [0.25, 0.3) is 10.8 Å². The van der Waals surface area contributed by atoms with E-state index in [1.165, 1.54) is 16.3 Å². The molecular weight excluding hydrogens is 503 g/mol. The van der Waals surface area contributed by atoms with E-state index in [1.807, 2.05) is 4.90 Å². The van der Waals surface area contributed by atoms with Gasteiger partial charge in [-0.2, -0.15) is 0 Å². The van der Waals surface area contributed by atoms with E-state index in [4.69, 9.17) is 5.11 Å². The molecule has 1 fully saturated rings. The molecule has 5 nitrogen and oxygen atoms in total. The molecule has 2 N–H and O–H groups in total. The summed E-state index contributed by atoms with van der Waals surface area (Å²) in [6, 6.07) is 15.0. The van der Waals surface area contributed by atoms with Gasteiger partial charge >= 0.3 is 5.97 Å². The van der Waals surface area contributed by atoms with E-state index >= 15 is 0 Å². The summed E-state index contributed by atoms with van der Waals surface area (Å²) in [6.45, 7) is 4.32. The first-order valence-electron chi connectivity index (χ1n) is 13.7. The average Bonchev–Trinajstić information content (AvgIpc) is 2.90. The molecule has 1 aliphatic heterocycles. The molecule has 7 heteroatoms. The van der Waals surface area contributed by atoms with Crippen molar-refractivity contribution in [2.24, 2.45) is 11.8 Å². The molecule has 3 atom stereocenters. The second-order valence-electron chi connectivity index (χ2n) is 10.5. The lowest BCUT2D eigenvalue weighted by molar-refractivity contribution is -0.137. The third-order valence-corrected chi connectivity index (χ3v) is 7.88. The van der Waals surface area contributed by atoms with Crippen molar-refractivity contribution in [1.29, 1.82) is 0 Å². The number of allylic oxidation sites excluding steroid dienone is 3. The van der Waals surface area contributed by atoms with Crippen LogP contribution in [0.4, 0.5) is 4.39 Å². The van der Waals surface area contributed by atoms with Gasteiger partial charge in [0.1, 0.15) is 5.83 Å². The quantitative estimate of drug-likeness (QED) is 0.300. The third kappa shape index (κ3) is 7.90. The van der Waals surface area contributed by atoms with Crippen LogP contribution in [0.5, 0.6) is 0 Å². The van der Waals surface area contributed by atoms with Crippen molar-refractivity contribution in [2.45, 2.75) is 64.3 Å². The Morgan fingerprint density at radius 3 is 2.66 bits per heavy atom. The molecule has 4 rings (SSSR count). The summed E-state index contributed by atoms with van der Waals surface area (Å²) >= 11 is 0. The van der Waals surface area contributed by atoms with Crippen LogP contribution in [0.3, 0.4) is 0 Å². The fraction of sp³-hybridized carbons (Fsp3) is 0.484. The Bertz CT molecular complexity index is 1160. The maximum Gasteiger partial charge on any atom is 0.303 e. The highest BCUT2D eigenvalue weighted by Crippen LogP contribution is 2.35. The Morgan fingerprint density at radius 1 is 1.11 bits per heavy atom. The molecule has 38 heavy (non-hydrogen) atoms. The number of fused-ring (bicyclic) bond motifs is 1. The molecule has 0 spiro atoms. The Labute approximate surface area is 231 Å². The SMILES string of the molecule is C[C@@H](NCC1CCN(C(=O)CCCCCC(=O)O)CC1C1=CCCC(F)=C1)c1cccc2ccccc12.Cl. The van der Waals surface area contributed by atoms with Gasteiger partial charge in [-0.1, -0.05) is 55.0 Å². The molecule has 0 saturated carbocycles. The summed E-state index contributed by atoms with van der Waals surface area (Å²) in [7, 11) is 0. The monoisotopic (exact) mass is 542 g/mol. The molecule has 1 heterocycles. The van der Waals surface area contributed by atoms with Crippen LogP contribution in [0.15, 0.2) is 66.0 Å². The van der Waals surface area contributed by atoms with E-state index in [0.717, 1.165) is 25.0 Å². The van der Waals surface area contributed by atoms with Gasteiger partial charge in [-0.25, -0.2) is 4.39 Å². The number of rotatable bonds is 11. The predicted molar refractivity (Wildman–Crippen MR) is 153 cm³/mol. The minimum absolute atomic E-state index is 0. The molecule has 0 aromatic heterocycles. The lowest BCUT2D eigenvalue weighted by Gasteiger charge is -2.40. The number of hydrogen-bond donors (Lipinski definition) is 2. The lowest BCUT2D eigenvalue weighted by atomic mass is 9.78.